The molecule has 190 valence electrons. The third kappa shape index (κ3) is 6.80. The summed E-state index contributed by atoms with van der Waals surface area (Å²) >= 11 is 0. The van der Waals surface area contributed by atoms with Crippen molar-refractivity contribution < 1.29 is 23.5 Å². The quantitative estimate of drug-likeness (QED) is 0.688. The summed E-state index contributed by atoms with van der Waals surface area (Å²) in [6, 6.07) is 11.8. The van der Waals surface area contributed by atoms with Crippen molar-refractivity contribution in [3.8, 4) is 5.75 Å². The molecule has 0 saturated heterocycles. The first kappa shape index (κ1) is 26.6. The van der Waals surface area contributed by atoms with Gasteiger partial charge >= 0.3 is 0 Å². The fourth-order valence-electron chi connectivity index (χ4n) is 4.24. The van der Waals surface area contributed by atoms with Gasteiger partial charge in [-0.15, -0.1) is 0 Å². The molecule has 3 atom stereocenters. The summed E-state index contributed by atoms with van der Waals surface area (Å²) in [7, 11) is 3.39. The summed E-state index contributed by atoms with van der Waals surface area (Å²) < 4.78 is 26.4. The van der Waals surface area contributed by atoms with Crippen LogP contribution in [0.5, 0.6) is 5.75 Å². The van der Waals surface area contributed by atoms with E-state index >= 15 is 0 Å². The molecule has 8 heteroatoms. The highest BCUT2D eigenvalue weighted by atomic mass is 19.1. The van der Waals surface area contributed by atoms with E-state index in [-0.39, 0.29) is 42.3 Å². The van der Waals surface area contributed by atoms with Gasteiger partial charge in [0.05, 0.1) is 11.7 Å². The summed E-state index contributed by atoms with van der Waals surface area (Å²) in [5, 5.41) is 2.82. The number of nitrogens with zero attached hydrogens (tertiary/aromatic N) is 2. The zero-order valence-corrected chi connectivity index (χ0v) is 21.2. The van der Waals surface area contributed by atoms with Crippen molar-refractivity contribution >= 4 is 17.5 Å². The van der Waals surface area contributed by atoms with Crippen LogP contribution in [0.4, 0.5) is 10.1 Å². The highest BCUT2D eigenvalue weighted by molar-refractivity contribution is 5.98. The van der Waals surface area contributed by atoms with Crippen LogP contribution in [-0.4, -0.2) is 67.6 Å². The van der Waals surface area contributed by atoms with Gasteiger partial charge in [0.2, 0.25) is 5.91 Å². The zero-order valence-electron chi connectivity index (χ0n) is 21.2. The number of ether oxygens (including phenoxy) is 2. The van der Waals surface area contributed by atoms with Crippen molar-refractivity contribution in [3.63, 3.8) is 0 Å². The number of likely N-dealkylation sites (N-methyl/N-ethyl adjacent to an activating group) is 1. The van der Waals surface area contributed by atoms with Gasteiger partial charge in [-0.3, -0.25) is 14.5 Å². The number of nitrogens with one attached hydrogen (secondary N) is 1. The topological polar surface area (TPSA) is 71.1 Å². The molecule has 1 aliphatic rings. The van der Waals surface area contributed by atoms with Crippen molar-refractivity contribution in [2.24, 2.45) is 5.92 Å². The van der Waals surface area contributed by atoms with E-state index in [0.717, 1.165) is 0 Å². The first-order valence-corrected chi connectivity index (χ1v) is 12.1. The molecule has 35 heavy (non-hydrogen) atoms. The largest absolute Gasteiger partial charge is 0.491 e. The predicted molar refractivity (Wildman–Crippen MR) is 134 cm³/mol. The number of hydrogen-bond acceptors (Lipinski definition) is 5. The molecule has 2 aromatic carbocycles. The van der Waals surface area contributed by atoms with Crippen LogP contribution in [0.2, 0.25) is 0 Å². The van der Waals surface area contributed by atoms with Gasteiger partial charge in [-0.2, -0.15) is 0 Å². The Kier molecular flexibility index (Phi) is 9.23. The van der Waals surface area contributed by atoms with Crippen LogP contribution in [-0.2, 0) is 16.1 Å². The second kappa shape index (κ2) is 12.1. The summed E-state index contributed by atoms with van der Waals surface area (Å²) in [6.45, 7) is 7.62. The van der Waals surface area contributed by atoms with Crippen LogP contribution in [0.3, 0.4) is 0 Å². The number of methoxy groups -OCH3 is 1. The van der Waals surface area contributed by atoms with Gasteiger partial charge in [0.1, 0.15) is 18.2 Å². The van der Waals surface area contributed by atoms with Crippen LogP contribution >= 0.6 is 0 Å². The smallest absolute Gasteiger partial charge is 0.257 e. The van der Waals surface area contributed by atoms with E-state index in [0.29, 0.717) is 48.6 Å². The van der Waals surface area contributed by atoms with E-state index in [2.05, 4.69) is 17.1 Å². The van der Waals surface area contributed by atoms with Crippen LogP contribution in [0.1, 0.15) is 43.1 Å². The number of anilines is 1. The zero-order chi connectivity index (χ0) is 25.5. The summed E-state index contributed by atoms with van der Waals surface area (Å²) in [5.74, 6) is -0.0670. The number of hydrogen-bond donors (Lipinski definition) is 1. The molecular formula is C27H36FN3O4. The van der Waals surface area contributed by atoms with Crippen molar-refractivity contribution in [1.82, 2.24) is 9.80 Å². The Morgan fingerprint density at radius 2 is 1.94 bits per heavy atom. The first-order chi connectivity index (χ1) is 16.7. The monoisotopic (exact) mass is 485 g/mol. The summed E-state index contributed by atoms with van der Waals surface area (Å²) in [6.07, 6.45) is 0.143. The number of rotatable bonds is 5. The molecule has 0 fully saturated rings. The van der Waals surface area contributed by atoms with E-state index in [1.54, 1.807) is 56.3 Å². The van der Waals surface area contributed by atoms with Gasteiger partial charge < -0.3 is 19.7 Å². The van der Waals surface area contributed by atoms with Gasteiger partial charge in [0, 0.05) is 63.6 Å². The molecule has 1 aliphatic heterocycles. The van der Waals surface area contributed by atoms with Crippen LogP contribution in [0.15, 0.2) is 42.5 Å². The molecule has 1 heterocycles. The molecule has 0 aliphatic carbocycles. The predicted octanol–water partition coefficient (Wildman–Crippen LogP) is 4.18. The van der Waals surface area contributed by atoms with Crippen LogP contribution in [0, 0.1) is 11.7 Å². The maximum atomic E-state index is 14.5. The normalized spacial score (nSPS) is 21.9. The lowest BCUT2D eigenvalue weighted by Crippen LogP contribution is -2.46. The molecule has 0 aromatic heterocycles. The number of fused-ring (bicyclic) bond motifs is 1. The minimum absolute atomic E-state index is 0.0787. The average Bonchev–Trinajstić information content (AvgIpc) is 2.85. The second-order valence-corrected chi connectivity index (χ2v) is 9.23. The molecule has 1 N–H and O–H groups in total. The van der Waals surface area contributed by atoms with E-state index in [1.807, 2.05) is 13.0 Å². The summed E-state index contributed by atoms with van der Waals surface area (Å²) in [4.78, 5) is 29.0. The Hall–Kier alpha value is -2.97. The Labute approximate surface area is 207 Å². The minimum Gasteiger partial charge on any atom is -0.491 e. The molecule has 7 nitrogen and oxygen atoms in total. The van der Waals surface area contributed by atoms with Gasteiger partial charge in [0.25, 0.3) is 5.91 Å². The van der Waals surface area contributed by atoms with Gasteiger partial charge in [0.15, 0.2) is 0 Å². The third-order valence-electron chi connectivity index (χ3n) is 6.51. The number of halogens is 1. The second-order valence-electron chi connectivity index (χ2n) is 9.23. The lowest BCUT2D eigenvalue weighted by Gasteiger charge is -2.36. The highest BCUT2D eigenvalue weighted by Gasteiger charge is 2.28. The Morgan fingerprint density at radius 1 is 1.20 bits per heavy atom. The molecule has 3 rings (SSSR count). The fraction of sp³-hybridized carbons (Fsp3) is 0.481. The number of carbonyl (C=O) groups excluding carboxylic acids is 2. The van der Waals surface area contributed by atoms with Gasteiger partial charge in [-0.05, 0) is 31.0 Å². The SMILES string of the molecule is CCC(=O)Nc1ccc2c(c1)OC[C@H](C)N(Cc1ccccc1F)C[C@H](C)[C@H](OC)CN(C)C2=O. The van der Waals surface area contributed by atoms with E-state index in [9.17, 15) is 14.0 Å². The van der Waals surface area contributed by atoms with Gasteiger partial charge in [-0.1, -0.05) is 32.0 Å². The molecule has 0 radical (unpaired) electrons. The van der Waals surface area contributed by atoms with Crippen molar-refractivity contribution in [2.75, 3.05) is 39.2 Å². The number of amides is 2. The maximum absolute atomic E-state index is 14.5. The fourth-order valence-corrected chi connectivity index (χ4v) is 4.24. The van der Waals surface area contributed by atoms with E-state index in [1.165, 1.54) is 6.07 Å². The summed E-state index contributed by atoms with van der Waals surface area (Å²) in [5.41, 5.74) is 1.60. The Bertz CT molecular complexity index is 1030. The minimum atomic E-state index is -0.241. The van der Waals surface area contributed by atoms with Crippen molar-refractivity contribution in [2.45, 2.75) is 45.9 Å². The standard InChI is InChI=1S/C27H36FN3O4/c1-6-26(32)29-21-11-12-22-24(13-21)35-17-19(3)31(15-20-9-7-8-10-23(20)28)14-18(2)25(34-5)16-30(4)27(22)33/h7-13,18-19,25H,6,14-17H2,1-5H3,(H,29,32)/t18-,19-,25+/m0/s1. The molecule has 0 spiro atoms. The maximum Gasteiger partial charge on any atom is 0.257 e. The van der Waals surface area contributed by atoms with Crippen LogP contribution < -0.4 is 10.1 Å². The average molecular weight is 486 g/mol. The highest BCUT2D eigenvalue weighted by Crippen LogP contribution is 2.27. The first-order valence-electron chi connectivity index (χ1n) is 12.1. The van der Waals surface area contributed by atoms with E-state index in [4.69, 9.17) is 9.47 Å². The lowest BCUT2D eigenvalue weighted by atomic mass is 10.0. The third-order valence-corrected chi connectivity index (χ3v) is 6.51. The van der Waals surface area contributed by atoms with Crippen molar-refractivity contribution in [1.29, 1.82) is 0 Å². The number of benzene rings is 2. The Morgan fingerprint density at radius 3 is 2.63 bits per heavy atom. The molecule has 2 aromatic rings. The Balaban J connectivity index is 1.95. The molecular weight excluding hydrogens is 449 g/mol. The van der Waals surface area contributed by atoms with Gasteiger partial charge in [-0.25, -0.2) is 4.39 Å². The van der Waals surface area contributed by atoms with Crippen LogP contribution in [0.25, 0.3) is 0 Å². The number of carbonyl (C=O) groups is 2. The lowest BCUT2D eigenvalue weighted by molar-refractivity contribution is -0.115. The van der Waals surface area contributed by atoms with E-state index < -0.39 is 0 Å². The molecule has 0 saturated carbocycles. The van der Waals surface area contributed by atoms with Crippen molar-refractivity contribution in [3.05, 3.63) is 59.4 Å². The molecule has 2 amide bonds. The molecule has 0 bridgehead atoms. The molecule has 0 unspecified atom stereocenters.